The van der Waals surface area contributed by atoms with Gasteiger partial charge >= 0.3 is 0 Å². The smallest absolute Gasteiger partial charge is 0.129 e. The quantitative estimate of drug-likeness (QED) is 0.460. The van der Waals surface area contributed by atoms with Gasteiger partial charge in [0.25, 0.3) is 0 Å². The fourth-order valence-electron chi connectivity index (χ4n) is 1.32. The molecule has 0 spiro atoms. The third kappa shape index (κ3) is 5.01. The predicted octanol–water partition coefficient (Wildman–Crippen LogP) is 3.30. The minimum atomic E-state index is 0.310. The Labute approximate surface area is 106 Å². The normalized spacial score (nSPS) is 12.4. The molecular weight excluding hydrogens is 240 g/mol. The highest BCUT2D eigenvalue weighted by Gasteiger charge is 2.04. The number of thioether (sulfide) groups is 1. The summed E-state index contributed by atoms with van der Waals surface area (Å²) in [6, 6.07) is 4.20. The van der Waals surface area contributed by atoms with Crippen LogP contribution < -0.4 is 5.32 Å². The molecule has 4 heteroatoms. The Morgan fingerprint density at radius 2 is 2.50 bits per heavy atom. The zero-order valence-corrected chi connectivity index (χ0v) is 11.0. The lowest BCUT2D eigenvalue weighted by atomic mass is 10.1. The molecule has 1 aromatic heterocycles. The number of hydrogen-bond acceptors (Lipinski definition) is 3. The third-order valence-corrected chi connectivity index (χ3v) is 3.35. The average molecular weight is 257 g/mol. The van der Waals surface area contributed by atoms with Gasteiger partial charge in [-0.1, -0.05) is 17.7 Å². The van der Waals surface area contributed by atoms with Gasteiger partial charge in [0.05, 0.1) is 0 Å². The lowest BCUT2D eigenvalue weighted by molar-refractivity contribution is 0.601. The van der Waals surface area contributed by atoms with Crippen LogP contribution in [0.25, 0.3) is 0 Å². The first-order valence-corrected chi connectivity index (χ1v) is 6.80. The van der Waals surface area contributed by atoms with Crippen LogP contribution in [0.15, 0.2) is 31.0 Å². The van der Waals surface area contributed by atoms with Gasteiger partial charge in [0, 0.05) is 30.3 Å². The first kappa shape index (κ1) is 13.6. The summed E-state index contributed by atoms with van der Waals surface area (Å²) in [5.41, 5.74) is 1.17. The molecule has 0 saturated heterocycles. The topological polar surface area (TPSA) is 24.9 Å². The van der Waals surface area contributed by atoms with Crippen molar-refractivity contribution in [1.82, 2.24) is 10.3 Å². The van der Waals surface area contributed by atoms with Crippen LogP contribution >= 0.6 is 23.4 Å². The SMILES string of the molecule is C=CCSCCNC(C)c1ccnc(Cl)c1. The van der Waals surface area contributed by atoms with E-state index < -0.39 is 0 Å². The number of nitrogens with zero attached hydrogens (tertiary/aromatic N) is 1. The second-order valence-electron chi connectivity index (χ2n) is 3.45. The summed E-state index contributed by atoms with van der Waals surface area (Å²) in [6.45, 7) is 6.80. The van der Waals surface area contributed by atoms with Crippen LogP contribution in [0.4, 0.5) is 0 Å². The van der Waals surface area contributed by atoms with E-state index in [0.717, 1.165) is 18.1 Å². The van der Waals surface area contributed by atoms with Crippen LogP contribution in [0.1, 0.15) is 18.5 Å². The second-order valence-corrected chi connectivity index (χ2v) is 4.99. The fourth-order valence-corrected chi connectivity index (χ4v) is 2.10. The summed E-state index contributed by atoms with van der Waals surface area (Å²) < 4.78 is 0. The number of hydrogen-bond donors (Lipinski definition) is 1. The highest BCUT2D eigenvalue weighted by Crippen LogP contribution is 2.15. The van der Waals surface area contributed by atoms with Crippen LogP contribution in [0, 0.1) is 0 Å². The molecule has 0 saturated carbocycles. The first-order valence-electron chi connectivity index (χ1n) is 5.27. The van der Waals surface area contributed by atoms with E-state index in [0.29, 0.717) is 11.2 Å². The van der Waals surface area contributed by atoms with E-state index in [1.807, 2.05) is 30.0 Å². The van der Waals surface area contributed by atoms with E-state index in [4.69, 9.17) is 11.6 Å². The Balaban J connectivity index is 2.29. The van der Waals surface area contributed by atoms with Gasteiger partial charge in [0.1, 0.15) is 5.15 Å². The molecule has 88 valence electrons. The first-order chi connectivity index (χ1) is 7.74. The van der Waals surface area contributed by atoms with Crippen LogP contribution in [0.2, 0.25) is 5.15 Å². The second kappa shape index (κ2) is 7.71. The Morgan fingerprint density at radius 1 is 1.69 bits per heavy atom. The van der Waals surface area contributed by atoms with Crippen molar-refractivity contribution in [3.63, 3.8) is 0 Å². The van der Waals surface area contributed by atoms with E-state index in [-0.39, 0.29) is 0 Å². The molecule has 0 aliphatic rings. The number of aromatic nitrogens is 1. The third-order valence-electron chi connectivity index (χ3n) is 2.18. The monoisotopic (exact) mass is 256 g/mol. The molecule has 0 bridgehead atoms. The largest absolute Gasteiger partial charge is 0.309 e. The summed E-state index contributed by atoms with van der Waals surface area (Å²) >= 11 is 7.71. The maximum atomic E-state index is 5.84. The molecule has 1 rings (SSSR count). The standard InChI is InChI=1S/C12H17ClN2S/c1-3-7-16-8-6-14-10(2)11-4-5-15-12(13)9-11/h3-5,9-10,14H,1,6-8H2,2H3. The van der Waals surface area contributed by atoms with Gasteiger partial charge in [0.2, 0.25) is 0 Å². The van der Waals surface area contributed by atoms with E-state index >= 15 is 0 Å². The number of nitrogens with one attached hydrogen (secondary N) is 1. The maximum absolute atomic E-state index is 5.84. The molecule has 1 unspecified atom stereocenters. The van der Waals surface area contributed by atoms with Crippen LogP contribution in [0.5, 0.6) is 0 Å². The summed E-state index contributed by atoms with van der Waals surface area (Å²) in [6.07, 6.45) is 3.67. The lowest BCUT2D eigenvalue weighted by Crippen LogP contribution is -2.21. The summed E-state index contributed by atoms with van der Waals surface area (Å²) in [5.74, 6) is 2.10. The molecule has 1 heterocycles. The average Bonchev–Trinajstić information content (AvgIpc) is 2.28. The fraction of sp³-hybridized carbons (Fsp3) is 0.417. The molecular formula is C12H17ClN2S. The zero-order valence-electron chi connectivity index (χ0n) is 9.45. The molecule has 1 atom stereocenters. The van der Waals surface area contributed by atoms with Gasteiger partial charge < -0.3 is 5.32 Å². The Bertz CT molecular complexity index is 331. The van der Waals surface area contributed by atoms with Crippen molar-refractivity contribution in [2.24, 2.45) is 0 Å². The van der Waals surface area contributed by atoms with Crippen LogP contribution in [0.3, 0.4) is 0 Å². The molecule has 2 nitrogen and oxygen atoms in total. The van der Waals surface area contributed by atoms with Gasteiger partial charge in [-0.3, -0.25) is 0 Å². The van der Waals surface area contributed by atoms with Crippen molar-refractivity contribution in [1.29, 1.82) is 0 Å². The minimum absolute atomic E-state index is 0.310. The van der Waals surface area contributed by atoms with Crippen molar-refractivity contribution in [3.8, 4) is 0 Å². The van der Waals surface area contributed by atoms with Crippen molar-refractivity contribution < 1.29 is 0 Å². The minimum Gasteiger partial charge on any atom is -0.309 e. The Kier molecular flexibility index (Phi) is 6.53. The molecule has 16 heavy (non-hydrogen) atoms. The number of halogens is 1. The van der Waals surface area contributed by atoms with Crippen molar-refractivity contribution in [2.75, 3.05) is 18.1 Å². The highest BCUT2D eigenvalue weighted by molar-refractivity contribution is 7.99. The highest BCUT2D eigenvalue weighted by atomic mass is 35.5. The van der Waals surface area contributed by atoms with Crippen LogP contribution in [-0.4, -0.2) is 23.0 Å². The molecule has 1 N–H and O–H groups in total. The summed E-state index contributed by atoms with van der Waals surface area (Å²) in [7, 11) is 0. The molecule has 0 radical (unpaired) electrons. The van der Waals surface area contributed by atoms with Crippen LogP contribution in [-0.2, 0) is 0 Å². The summed E-state index contributed by atoms with van der Waals surface area (Å²) in [4.78, 5) is 3.97. The van der Waals surface area contributed by atoms with E-state index in [1.165, 1.54) is 5.56 Å². The molecule has 0 aromatic carbocycles. The van der Waals surface area contributed by atoms with Crippen molar-refractivity contribution in [2.45, 2.75) is 13.0 Å². The molecule has 0 fully saturated rings. The lowest BCUT2D eigenvalue weighted by Gasteiger charge is -2.13. The number of pyridine rings is 1. The predicted molar refractivity (Wildman–Crippen MR) is 73.2 cm³/mol. The molecule has 0 aliphatic carbocycles. The van der Waals surface area contributed by atoms with Crippen molar-refractivity contribution in [3.05, 3.63) is 41.7 Å². The van der Waals surface area contributed by atoms with E-state index in [2.05, 4.69) is 23.8 Å². The summed E-state index contributed by atoms with van der Waals surface area (Å²) in [5, 5.41) is 3.99. The Hall–Kier alpha value is -0.510. The van der Waals surface area contributed by atoms with Gasteiger partial charge in [-0.15, -0.1) is 6.58 Å². The Morgan fingerprint density at radius 3 is 3.19 bits per heavy atom. The van der Waals surface area contributed by atoms with Gasteiger partial charge in [-0.05, 0) is 24.6 Å². The van der Waals surface area contributed by atoms with Gasteiger partial charge in [0.15, 0.2) is 0 Å². The maximum Gasteiger partial charge on any atom is 0.129 e. The van der Waals surface area contributed by atoms with Gasteiger partial charge in [-0.25, -0.2) is 4.98 Å². The molecule has 0 aliphatic heterocycles. The van der Waals surface area contributed by atoms with E-state index in [1.54, 1.807) is 6.20 Å². The van der Waals surface area contributed by atoms with Gasteiger partial charge in [-0.2, -0.15) is 11.8 Å². The van der Waals surface area contributed by atoms with E-state index in [9.17, 15) is 0 Å². The molecule has 0 amide bonds. The van der Waals surface area contributed by atoms with Crippen molar-refractivity contribution >= 4 is 23.4 Å². The zero-order chi connectivity index (χ0) is 11.8. The molecule has 1 aromatic rings. The number of rotatable bonds is 7.